The molecule has 1 fully saturated rings. The molecule has 5 heterocycles. The Balaban J connectivity index is 1.48. The quantitative estimate of drug-likeness (QED) is 0.353. The highest BCUT2D eigenvalue weighted by atomic mass is 19.2. The first-order valence-electron chi connectivity index (χ1n) is 12.2. The number of aryl methyl sites for hydroxylation is 4. The molecule has 0 N–H and O–H groups in total. The molecule has 0 spiro atoms. The van der Waals surface area contributed by atoms with Crippen molar-refractivity contribution in [2.75, 3.05) is 0 Å². The number of pyridine rings is 1. The topological polar surface area (TPSA) is 55.4 Å². The first-order valence-corrected chi connectivity index (χ1v) is 12.2. The van der Waals surface area contributed by atoms with E-state index in [1.807, 2.05) is 42.2 Å². The van der Waals surface area contributed by atoms with E-state index in [4.69, 9.17) is 10.1 Å². The molecule has 6 rings (SSSR count). The van der Waals surface area contributed by atoms with Crippen LogP contribution in [0.3, 0.4) is 0 Å². The normalized spacial score (nSPS) is 19.1. The minimum atomic E-state index is -1.49. The van der Waals surface area contributed by atoms with Gasteiger partial charge >= 0.3 is 0 Å². The summed E-state index contributed by atoms with van der Waals surface area (Å²) in [5.41, 5.74) is 6.35. The Morgan fingerprint density at radius 2 is 1.78 bits per heavy atom. The first kappa shape index (κ1) is 22.8. The number of amides is 1. The van der Waals surface area contributed by atoms with Crippen LogP contribution in [0.15, 0.2) is 24.3 Å². The zero-order valence-electron chi connectivity index (χ0n) is 20.6. The molecule has 2 atom stereocenters. The number of halogens is 3. The number of carbonyl (C=O) groups is 1. The standard InChI is InChI=1S/C27H26F3N5O/c1-13-8-9-14(2)34-24(15(3)31-26(13)34)27(36)35-17-6-5-7-21(35)23-18(12-17)25(33(4)32-23)16-10-19(28)22(30)20(29)11-16/h8-11,17,21H,5-7,12H2,1-4H3. The van der Waals surface area contributed by atoms with Gasteiger partial charge in [-0.3, -0.25) is 13.9 Å². The largest absolute Gasteiger partial charge is 0.325 e. The minimum absolute atomic E-state index is 0.0832. The number of carbonyl (C=O) groups excluding carboxylic acids is 1. The molecule has 2 unspecified atom stereocenters. The van der Waals surface area contributed by atoms with Gasteiger partial charge in [-0.2, -0.15) is 5.10 Å². The molecule has 36 heavy (non-hydrogen) atoms. The maximum absolute atomic E-state index is 14.2. The molecule has 2 aliphatic heterocycles. The molecule has 1 aromatic carbocycles. The molecule has 6 nitrogen and oxygen atoms in total. The van der Waals surface area contributed by atoms with Crippen LogP contribution in [0, 0.1) is 38.2 Å². The first-order chi connectivity index (χ1) is 17.2. The summed E-state index contributed by atoms with van der Waals surface area (Å²) in [5, 5.41) is 4.72. The van der Waals surface area contributed by atoms with Crippen molar-refractivity contribution in [3.05, 3.63) is 75.6 Å². The Morgan fingerprint density at radius 1 is 1.06 bits per heavy atom. The Kier molecular flexibility index (Phi) is 5.04. The predicted molar refractivity (Wildman–Crippen MR) is 128 cm³/mol. The smallest absolute Gasteiger partial charge is 0.273 e. The third-order valence-corrected chi connectivity index (χ3v) is 7.70. The lowest BCUT2D eigenvalue weighted by atomic mass is 9.81. The number of imidazole rings is 1. The molecular weight excluding hydrogens is 467 g/mol. The van der Waals surface area contributed by atoms with Crippen LogP contribution in [0.25, 0.3) is 16.9 Å². The van der Waals surface area contributed by atoms with Crippen molar-refractivity contribution in [1.82, 2.24) is 24.1 Å². The Hall–Kier alpha value is -3.62. The Bertz CT molecular complexity index is 1550. The van der Waals surface area contributed by atoms with E-state index in [1.165, 1.54) is 0 Å². The van der Waals surface area contributed by atoms with Crippen LogP contribution in [0.2, 0.25) is 0 Å². The lowest BCUT2D eigenvalue weighted by Crippen LogP contribution is -2.50. The van der Waals surface area contributed by atoms with Crippen LogP contribution < -0.4 is 0 Å². The minimum Gasteiger partial charge on any atom is -0.325 e. The summed E-state index contributed by atoms with van der Waals surface area (Å²) in [6.07, 6.45) is 3.02. The Morgan fingerprint density at radius 3 is 2.50 bits per heavy atom. The highest BCUT2D eigenvalue weighted by molar-refractivity contribution is 5.96. The maximum Gasteiger partial charge on any atom is 0.273 e. The number of piperidine rings is 1. The van der Waals surface area contributed by atoms with Crippen molar-refractivity contribution in [2.24, 2.45) is 7.05 Å². The molecule has 2 bridgehead atoms. The highest BCUT2D eigenvalue weighted by Gasteiger charge is 2.44. The van der Waals surface area contributed by atoms with E-state index in [1.54, 1.807) is 11.7 Å². The highest BCUT2D eigenvalue weighted by Crippen LogP contribution is 2.45. The van der Waals surface area contributed by atoms with Gasteiger partial charge in [0.15, 0.2) is 17.5 Å². The summed E-state index contributed by atoms with van der Waals surface area (Å²) in [6, 6.07) is 5.67. The van der Waals surface area contributed by atoms with Gasteiger partial charge in [-0.25, -0.2) is 18.2 Å². The number of rotatable bonds is 2. The van der Waals surface area contributed by atoms with Crippen molar-refractivity contribution in [3.8, 4) is 11.3 Å². The molecule has 1 amide bonds. The second-order valence-electron chi connectivity index (χ2n) is 9.97. The third kappa shape index (κ3) is 3.14. The van der Waals surface area contributed by atoms with Crippen LogP contribution in [-0.4, -0.2) is 36.0 Å². The second-order valence-corrected chi connectivity index (χ2v) is 9.97. The number of fused-ring (bicyclic) bond motifs is 5. The maximum atomic E-state index is 14.2. The fourth-order valence-electron chi connectivity index (χ4n) is 6.11. The van der Waals surface area contributed by atoms with Crippen molar-refractivity contribution in [2.45, 2.75) is 58.5 Å². The van der Waals surface area contributed by atoms with Gasteiger partial charge in [-0.1, -0.05) is 6.07 Å². The lowest BCUT2D eigenvalue weighted by molar-refractivity contribution is 0.0384. The summed E-state index contributed by atoms with van der Waals surface area (Å²) in [7, 11) is 1.71. The van der Waals surface area contributed by atoms with Crippen LogP contribution >= 0.6 is 0 Å². The van der Waals surface area contributed by atoms with Crippen LogP contribution in [0.4, 0.5) is 13.2 Å². The molecular formula is C27H26F3N5O. The van der Waals surface area contributed by atoms with Gasteiger partial charge in [-0.15, -0.1) is 0 Å². The molecule has 0 aliphatic carbocycles. The third-order valence-electron chi connectivity index (χ3n) is 7.70. The summed E-state index contributed by atoms with van der Waals surface area (Å²) in [6.45, 7) is 5.81. The van der Waals surface area contributed by atoms with Gasteiger partial charge in [0, 0.05) is 29.9 Å². The molecule has 2 aliphatic rings. The van der Waals surface area contributed by atoms with Crippen LogP contribution in [0.1, 0.15) is 64.0 Å². The summed E-state index contributed by atoms with van der Waals surface area (Å²) in [4.78, 5) is 20.8. The zero-order valence-corrected chi connectivity index (χ0v) is 20.6. The van der Waals surface area contributed by atoms with E-state index in [0.717, 1.165) is 59.6 Å². The molecule has 4 aromatic rings. The molecule has 9 heteroatoms. The van der Waals surface area contributed by atoms with Crippen LogP contribution in [0.5, 0.6) is 0 Å². The second kappa shape index (κ2) is 7.94. The van der Waals surface area contributed by atoms with E-state index in [9.17, 15) is 18.0 Å². The van der Waals surface area contributed by atoms with Crippen molar-refractivity contribution in [1.29, 1.82) is 0 Å². The van der Waals surface area contributed by atoms with Gasteiger partial charge in [0.25, 0.3) is 5.91 Å². The number of nitrogens with zero attached hydrogens (tertiary/aromatic N) is 5. The van der Waals surface area contributed by atoms with Gasteiger partial charge in [0.1, 0.15) is 11.3 Å². The van der Waals surface area contributed by atoms with E-state index < -0.39 is 17.5 Å². The van der Waals surface area contributed by atoms with E-state index in [0.29, 0.717) is 23.5 Å². The monoisotopic (exact) mass is 493 g/mol. The van der Waals surface area contributed by atoms with Crippen LogP contribution in [-0.2, 0) is 13.5 Å². The molecule has 3 aromatic heterocycles. The van der Waals surface area contributed by atoms with Gasteiger partial charge < -0.3 is 4.90 Å². The average Bonchev–Trinajstić information content (AvgIpc) is 3.36. The van der Waals surface area contributed by atoms with E-state index in [2.05, 4.69) is 0 Å². The SMILES string of the molecule is Cc1nc2c(C)ccc(C)n2c1C(=O)N1C2CCCC1c1nn(C)c(-c3cc(F)c(F)c(F)c3)c1C2. The molecule has 0 saturated carbocycles. The van der Waals surface area contributed by atoms with Gasteiger partial charge in [-0.05, 0) is 70.2 Å². The summed E-state index contributed by atoms with van der Waals surface area (Å²) >= 11 is 0. The fraction of sp³-hybridized carbons (Fsp3) is 0.370. The average molecular weight is 494 g/mol. The van der Waals surface area contributed by atoms with Crippen molar-refractivity contribution in [3.63, 3.8) is 0 Å². The van der Waals surface area contributed by atoms with Gasteiger partial charge in [0.2, 0.25) is 0 Å². The number of hydrogen-bond acceptors (Lipinski definition) is 3. The lowest BCUT2D eigenvalue weighted by Gasteiger charge is -2.45. The summed E-state index contributed by atoms with van der Waals surface area (Å²) < 4.78 is 45.3. The molecule has 186 valence electrons. The molecule has 0 radical (unpaired) electrons. The Labute approximate surface area is 206 Å². The van der Waals surface area contributed by atoms with Gasteiger partial charge in [0.05, 0.1) is 23.1 Å². The number of benzene rings is 1. The van der Waals surface area contributed by atoms with Crippen molar-refractivity contribution >= 4 is 11.6 Å². The predicted octanol–water partition coefficient (Wildman–Crippen LogP) is 5.37. The summed E-state index contributed by atoms with van der Waals surface area (Å²) in [5.74, 6) is -4.04. The number of hydrogen-bond donors (Lipinski definition) is 0. The molecule has 1 saturated heterocycles. The van der Waals surface area contributed by atoms with E-state index >= 15 is 0 Å². The fourth-order valence-corrected chi connectivity index (χ4v) is 6.11. The zero-order chi connectivity index (χ0) is 25.5. The van der Waals surface area contributed by atoms with Crippen molar-refractivity contribution < 1.29 is 18.0 Å². The number of aromatic nitrogens is 4. The van der Waals surface area contributed by atoms with E-state index in [-0.39, 0.29) is 23.6 Å².